The van der Waals surface area contributed by atoms with Crippen molar-refractivity contribution < 1.29 is 14.3 Å². The SMILES string of the molecule is CC(C)=CC(=O)OC(C(=O)c1ccc(C)cc1)c1ccc(C)cc1. The van der Waals surface area contributed by atoms with Crippen molar-refractivity contribution >= 4 is 11.8 Å². The van der Waals surface area contributed by atoms with Gasteiger partial charge in [0, 0.05) is 17.2 Å². The van der Waals surface area contributed by atoms with Crippen molar-refractivity contribution in [1.82, 2.24) is 0 Å². The highest BCUT2D eigenvalue weighted by atomic mass is 16.5. The van der Waals surface area contributed by atoms with Crippen LogP contribution in [0.1, 0.15) is 47.0 Å². The lowest BCUT2D eigenvalue weighted by atomic mass is 9.98. The first kappa shape index (κ1) is 17.7. The molecule has 24 heavy (non-hydrogen) atoms. The van der Waals surface area contributed by atoms with E-state index in [1.54, 1.807) is 12.1 Å². The molecular weight excluding hydrogens is 300 g/mol. The standard InChI is InChI=1S/C21H22O3/c1-14(2)13-19(22)24-21(18-11-7-16(4)8-12-18)20(23)17-9-5-15(3)6-10-17/h5-13,21H,1-4H3. The van der Waals surface area contributed by atoms with Crippen LogP contribution in [0.15, 0.2) is 60.2 Å². The fourth-order valence-corrected chi connectivity index (χ4v) is 2.27. The van der Waals surface area contributed by atoms with E-state index >= 15 is 0 Å². The van der Waals surface area contributed by atoms with Gasteiger partial charge in [-0.1, -0.05) is 65.2 Å². The number of ketones is 1. The number of allylic oxidation sites excluding steroid dienone is 1. The van der Waals surface area contributed by atoms with Crippen LogP contribution in [0.25, 0.3) is 0 Å². The first-order valence-electron chi connectivity index (χ1n) is 7.90. The molecule has 0 amide bonds. The van der Waals surface area contributed by atoms with Gasteiger partial charge in [0.1, 0.15) is 0 Å². The zero-order chi connectivity index (χ0) is 17.7. The highest BCUT2D eigenvalue weighted by Crippen LogP contribution is 2.24. The second-order valence-electron chi connectivity index (χ2n) is 6.18. The summed E-state index contributed by atoms with van der Waals surface area (Å²) in [5.41, 5.74) is 4.17. The number of aryl methyl sites for hydroxylation is 2. The van der Waals surface area contributed by atoms with Gasteiger partial charge in [-0.15, -0.1) is 0 Å². The summed E-state index contributed by atoms with van der Waals surface area (Å²) >= 11 is 0. The zero-order valence-electron chi connectivity index (χ0n) is 14.5. The summed E-state index contributed by atoms with van der Waals surface area (Å²) in [5.74, 6) is -0.740. The average molecular weight is 322 g/mol. The normalized spacial score (nSPS) is 11.5. The predicted octanol–water partition coefficient (Wildman–Crippen LogP) is 4.74. The maximum absolute atomic E-state index is 12.9. The van der Waals surface area contributed by atoms with Gasteiger partial charge in [-0.05, 0) is 27.7 Å². The number of hydrogen-bond acceptors (Lipinski definition) is 3. The topological polar surface area (TPSA) is 43.4 Å². The van der Waals surface area contributed by atoms with Crippen LogP contribution in [0, 0.1) is 13.8 Å². The van der Waals surface area contributed by atoms with Gasteiger partial charge in [0.2, 0.25) is 5.78 Å². The number of carbonyl (C=O) groups is 2. The Labute approximate surface area is 143 Å². The molecule has 3 nitrogen and oxygen atoms in total. The number of hydrogen-bond donors (Lipinski definition) is 0. The number of esters is 1. The molecule has 0 aliphatic rings. The van der Waals surface area contributed by atoms with Gasteiger partial charge < -0.3 is 4.74 Å². The van der Waals surface area contributed by atoms with E-state index in [9.17, 15) is 9.59 Å². The Morgan fingerprint density at radius 3 is 1.88 bits per heavy atom. The summed E-state index contributed by atoms with van der Waals surface area (Å²) in [6.07, 6.45) is 0.445. The minimum Gasteiger partial charge on any atom is -0.446 e. The Morgan fingerprint density at radius 2 is 1.38 bits per heavy atom. The number of benzene rings is 2. The zero-order valence-corrected chi connectivity index (χ0v) is 14.5. The molecule has 2 aromatic carbocycles. The predicted molar refractivity (Wildman–Crippen MR) is 95.0 cm³/mol. The molecule has 0 aliphatic carbocycles. The van der Waals surface area contributed by atoms with Gasteiger partial charge in [0.25, 0.3) is 0 Å². The van der Waals surface area contributed by atoms with Crippen LogP contribution >= 0.6 is 0 Å². The third-order valence-corrected chi connectivity index (χ3v) is 3.59. The minimum absolute atomic E-state index is 0.227. The molecule has 0 radical (unpaired) electrons. The van der Waals surface area contributed by atoms with Gasteiger partial charge in [-0.25, -0.2) is 4.79 Å². The number of carbonyl (C=O) groups excluding carboxylic acids is 2. The molecule has 124 valence electrons. The molecule has 0 saturated heterocycles. The molecule has 0 heterocycles. The van der Waals surface area contributed by atoms with E-state index in [0.717, 1.165) is 16.7 Å². The lowest BCUT2D eigenvalue weighted by molar-refractivity contribution is -0.141. The second-order valence-corrected chi connectivity index (χ2v) is 6.18. The van der Waals surface area contributed by atoms with Crippen LogP contribution in [-0.2, 0) is 9.53 Å². The summed E-state index contributed by atoms with van der Waals surface area (Å²) in [7, 11) is 0. The Bertz CT molecular complexity index is 749. The van der Waals surface area contributed by atoms with Gasteiger partial charge in [0.05, 0.1) is 0 Å². The summed E-state index contributed by atoms with van der Waals surface area (Å²) in [6, 6.07) is 14.7. The smallest absolute Gasteiger partial charge is 0.331 e. The Balaban J connectivity index is 2.36. The first-order valence-corrected chi connectivity index (χ1v) is 7.90. The van der Waals surface area contributed by atoms with Crippen molar-refractivity contribution in [2.75, 3.05) is 0 Å². The summed E-state index contributed by atoms with van der Waals surface area (Å²) in [5, 5.41) is 0. The van der Waals surface area contributed by atoms with Gasteiger partial charge >= 0.3 is 5.97 Å². The molecule has 0 bridgehead atoms. The number of ether oxygens (including phenoxy) is 1. The van der Waals surface area contributed by atoms with Crippen molar-refractivity contribution in [2.45, 2.75) is 33.8 Å². The maximum atomic E-state index is 12.9. The second kappa shape index (κ2) is 7.73. The maximum Gasteiger partial charge on any atom is 0.331 e. The molecule has 1 atom stereocenters. The molecule has 3 heteroatoms. The quantitative estimate of drug-likeness (QED) is 0.454. The van der Waals surface area contributed by atoms with E-state index in [-0.39, 0.29) is 5.78 Å². The Hall–Kier alpha value is -2.68. The summed E-state index contributed by atoms with van der Waals surface area (Å²) < 4.78 is 5.47. The van der Waals surface area contributed by atoms with Crippen LogP contribution in [-0.4, -0.2) is 11.8 Å². The van der Waals surface area contributed by atoms with Crippen LogP contribution in [0.5, 0.6) is 0 Å². The summed E-state index contributed by atoms with van der Waals surface area (Å²) in [6.45, 7) is 7.55. The van der Waals surface area contributed by atoms with Crippen molar-refractivity contribution in [3.05, 3.63) is 82.4 Å². The third kappa shape index (κ3) is 4.66. The Morgan fingerprint density at radius 1 is 0.875 bits per heavy atom. The third-order valence-electron chi connectivity index (χ3n) is 3.59. The molecule has 0 aliphatic heterocycles. The van der Waals surface area contributed by atoms with E-state index in [0.29, 0.717) is 11.1 Å². The van der Waals surface area contributed by atoms with Crippen LogP contribution in [0.4, 0.5) is 0 Å². The largest absolute Gasteiger partial charge is 0.446 e. The lowest BCUT2D eigenvalue weighted by Crippen LogP contribution is -2.19. The minimum atomic E-state index is -0.948. The number of Topliss-reactive ketones (excluding diaryl/α,β-unsaturated/α-hetero) is 1. The van der Waals surface area contributed by atoms with E-state index in [2.05, 4.69) is 0 Å². The van der Waals surface area contributed by atoms with Gasteiger partial charge in [0.15, 0.2) is 6.10 Å². The fourth-order valence-electron chi connectivity index (χ4n) is 2.27. The first-order chi connectivity index (χ1) is 11.4. The Kier molecular flexibility index (Phi) is 5.69. The number of rotatable bonds is 5. The van der Waals surface area contributed by atoms with Gasteiger partial charge in [-0.2, -0.15) is 0 Å². The highest BCUT2D eigenvalue weighted by Gasteiger charge is 2.25. The van der Waals surface area contributed by atoms with Crippen molar-refractivity contribution in [3.8, 4) is 0 Å². The molecule has 0 aromatic heterocycles. The fraction of sp³-hybridized carbons (Fsp3) is 0.238. The molecule has 0 spiro atoms. The molecule has 2 rings (SSSR count). The van der Waals surface area contributed by atoms with E-state index in [1.165, 1.54) is 6.08 Å². The van der Waals surface area contributed by atoms with Crippen LogP contribution < -0.4 is 0 Å². The van der Waals surface area contributed by atoms with Crippen LogP contribution in [0.2, 0.25) is 0 Å². The van der Waals surface area contributed by atoms with E-state index in [1.807, 2.05) is 64.1 Å². The monoisotopic (exact) mass is 322 g/mol. The van der Waals surface area contributed by atoms with E-state index in [4.69, 9.17) is 4.74 Å². The molecule has 0 fully saturated rings. The molecule has 1 unspecified atom stereocenters. The molecule has 0 saturated carbocycles. The van der Waals surface area contributed by atoms with Crippen molar-refractivity contribution in [1.29, 1.82) is 0 Å². The lowest BCUT2D eigenvalue weighted by Gasteiger charge is -2.17. The van der Waals surface area contributed by atoms with E-state index < -0.39 is 12.1 Å². The molecule has 0 N–H and O–H groups in total. The highest BCUT2D eigenvalue weighted by molar-refractivity contribution is 6.01. The van der Waals surface area contributed by atoms with Crippen molar-refractivity contribution in [2.24, 2.45) is 0 Å². The molecule has 2 aromatic rings. The van der Waals surface area contributed by atoms with Crippen molar-refractivity contribution in [3.63, 3.8) is 0 Å². The summed E-state index contributed by atoms with van der Waals surface area (Å²) in [4.78, 5) is 24.9. The van der Waals surface area contributed by atoms with Gasteiger partial charge in [-0.3, -0.25) is 4.79 Å². The van der Waals surface area contributed by atoms with Crippen LogP contribution in [0.3, 0.4) is 0 Å². The molecular formula is C21H22O3. The average Bonchev–Trinajstić information content (AvgIpc) is 2.53.